The normalized spacial score (nSPS) is 18.4. The van der Waals surface area contributed by atoms with Crippen LogP contribution in [0.4, 0.5) is 4.79 Å². The molecule has 0 spiro atoms. The molecule has 0 saturated carbocycles. The number of aromatic hydroxyl groups is 1. The second kappa shape index (κ2) is 5.02. The summed E-state index contributed by atoms with van der Waals surface area (Å²) in [5, 5.41) is 11.2. The fourth-order valence-electron chi connectivity index (χ4n) is 2.39. The number of phenolic OH excluding ortho intramolecular Hbond substituents is 1. The third kappa shape index (κ3) is 2.53. The zero-order chi connectivity index (χ0) is 14.1. The maximum Gasteiger partial charge on any atom is 0.415 e. The van der Waals surface area contributed by atoms with Crippen molar-refractivity contribution in [2.45, 2.75) is 12.5 Å². The summed E-state index contributed by atoms with van der Waals surface area (Å²) in [6.07, 6.45) is 0.447. The number of phenols is 1. The molecule has 1 aliphatic heterocycles. The molecule has 20 heavy (non-hydrogen) atoms. The van der Waals surface area contributed by atoms with Gasteiger partial charge in [0.2, 0.25) is 0 Å². The molecule has 1 atom stereocenters. The van der Waals surface area contributed by atoms with Crippen LogP contribution in [-0.4, -0.2) is 35.2 Å². The average Bonchev–Trinajstić information content (AvgIpc) is 2.86. The molecule has 1 aliphatic rings. The fraction of sp³-hybridized carbons (Fsp3) is 0.267. The highest BCUT2D eigenvalue weighted by Crippen LogP contribution is 2.24. The predicted octanol–water partition coefficient (Wildman–Crippen LogP) is 2.08. The van der Waals surface area contributed by atoms with Gasteiger partial charge in [-0.1, -0.05) is 12.1 Å². The molecule has 0 bridgehead atoms. The highest BCUT2D eigenvalue weighted by molar-refractivity contribution is 5.85. The van der Waals surface area contributed by atoms with Crippen LogP contribution >= 0.6 is 0 Å². The van der Waals surface area contributed by atoms with Crippen LogP contribution in [0, 0.1) is 0 Å². The number of benzene rings is 2. The van der Waals surface area contributed by atoms with Crippen LogP contribution in [0.25, 0.3) is 10.8 Å². The van der Waals surface area contributed by atoms with Gasteiger partial charge in [0.05, 0.1) is 0 Å². The number of amides is 1. The van der Waals surface area contributed by atoms with Crippen molar-refractivity contribution in [3.05, 3.63) is 36.4 Å². The van der Waals surface area contributed by atoms with E-state index in [4.69, 9.17) is 10.5 Å². The maximum atomic E-state index is 12.0. The van der Waals surface area contributed by atoms with E-state index in [1.807, 2.05) is 6.07 Å². The lowest BCUT2D eigenvalue weighted by Gasteiger charge is -2.15. The molecule has 0 unspecified atom stereocenters. The fourth-order valence-corrected chi connectivity index (χ4v) is 2.39. The Morgan fingerprint density at radius 2 is 2.00 bits per heavy atom. The quantitative estimate of drug-likeness (QED) is 0.833. The van der Waals surface area contributed by atoms with Crippen molar-refractivity contribution >= 4 is 16.9 Å². The standard InChI is InChI=1S/C15H16N2O3/c16-12-5-6-17(9-12)15(19)20-14-4-2-10-7-13(18)3-1-11(10)8-14/h1-4,7-8,12,18H,5-6,9,16H2/t12-/m1/s1. The molecule has 2 aromatic carbocycles. The summed E-state index contributed by atoms with van der Waals surface area (Å²) >= 11 is 0. The van der Waals surface area contributed by atoms with E-state index in [1.165, 1.54) is 0 Å². The van der Waals surface area contributed by atoms with Crippen molar-refractivity contribution in [2.75, 3.05) is 13.1 Å². The third-order valence-electron chi connectivity index (χ3n) is 3.48. The number of nitrogens with zero attached hydrogens (tertiary/aromatic N) is 1. The highest BCUT2D eigenvalue weighted by atomic mass is 16.6. The monoisotopic (exact) mass is 272 g/mol. The Kier molecular flexibility index (Phi) is 3.20. The molecule has 2 aromatic rings. The Morgan fingerprint density at radius 1 is 1.25 bits per heavy atom. The van der Waals surface area contributed by atoms with Crippen LogP contribution in [0.5, 0.6) is 11.5 Å². The molecule has 1 saturated heterocycles. The van der Waals surface area contributed by atoms with Gasteiger partial charge >= 0.3 is 6.09 Å². The molecule has 5 nitrogen and oxygen atoms in total. The predicted molar refractivity (Wildman–Crippen MR) is 75.8 cm³/mol. The van der Waals surface area contributed by atoms with E-state index < -0.39 is 0 Å². The molecule has 0 aromatic heterocycles. The minimum absolute atomic E-state index is 0.0436. The number of ether oxygens (including phenoxy) is 1. The Balaban J connectivity index is 1.77. The van der Waals surface area contributed by atoms with Crippen molar-refractivity contribution in [2.24, 2.45) is 5.73 Å². The summed E-state index contributed by atoms with van der Waals surface area (Å²) < 4.78 is 5.35. The second-order valence-electron chi connectivity index (χ2n) is 5.06. The topological polar surface area (TPSA) is 75.8 Å². The molecule has 104 valence electrons. The Bertz CT molecular complexity index is 657. The largest absolute Gasteiger partial charge is 0.508 e. The lowest BCUT2D eigenvalue weighted by atomic mass is 10.1. The van der Waals surface area contributed by atoms with Crippen molar-refractivity contribution in [1.29, 1.82) is 0 Å². The van der Waals surface area contributed by atoms with Crippen molar-refractivity contribution in [3.8, 4) is 11.5 Å². The first-order valence-corrected chi connectivity index (χ1v) is 6.57. The lowest BCUT2D eigenvalue weighted by Crippen LogP contribution is -2.33. The number of carbonyl (C=O) groups excluding carboxylic acids is 1. The summed E-state index contributed by atoms with van der Waals surface area (Å²) in [5.41, 5.74) is 5.77. The SMILES string of the molecule is N[C@@H]1CCN(C(=O)Oc2ccc3cc(O)ccc3c2)C1. The van der Waals surface area contributed by atoms with Gasteiger partial charge in [-0.2, -0.15) is 0 Å². The van der Waals surface area contributed by atoms with E-state index >= 15 is 0 Å². The molecule has 1 fully saturated rings. The van der Waals surface area contributed by atoms with Crippen LogP contribution in [0.1, 0.15) is 6.42 Å². The Morgan fingerprint density at radius 3 is 2.75 bits per heavy atom. The van der Waals surface area contributed by atoms with E-state index in [1.54, 1.807) is 35.2 Å². The molecule has 0 aliphatic carbocycles. The number of carbonyl (C=O) groups is 1. The summed E-state index contributed by atoms with van der Waals surface area (Å²) in [4.78, 5) is 13.6. The molecular weight excluding hydrogens is 256 g/mol. The molecule has 3 rings (SSSR count). The van der Waals surface area contributed by atoms with Crippen LogP contribution in [0.15, 0.2) is 36.4 Å². The van der Waals surface area contributed by atoms with Crippen molar-refractivity contribution in [3.63, 3.8) is 0 Å². The lowest BCUT2D eigenvalue weighted by molar-refractivity contribution is 0.162. The second-order valence-corrected chi connectivity index (χ2v) is 5.06. The molecule has 1 amide bonds. The van der Waals surface area contributed by atoms with Gasteiger partial charge in [0, 0.05) is 19.1 Å². The van der Waals surface area contributed by atoms with E-state index in [-0.39, 0.29) is 17.9 Å². The zero-order valence-corrected chi connectivity index (χ0v) is 11.0. The average molecular weight is 272 g/mol. The minimum Gasteiger partial charge on any atom is -0.508 e. The first-order valence-electron chi connectivity index (χ1n) is 6.57. The smallest absolute Gasteiger partial charge is 0.415 e. The van der Waals surface area contributed by atoms with E-state index in [2.05, 4.69) is 0 Å². The van der Waals surface area contributed by atoms with Gasteiger partial charge < -0.3 is 20.5 Å². The first-order chi connectivity index (χ1) is 9.61. The van der Waals surface area contributed by atoms with Crippen LogP contribution in [0.2, 0.25) is 0 Å². The number of nitrogens with two attached hydrogens (primary N) is 1. The van der Waals surface area contributed by atoms with Gasteiger partial charge in [0.1, 0.15) is 11.5 Å². The Labute approximate surface area is 116 Å². The van der Waals surface area contributed by atoms with Crippen LogP contribution in [-0.2, 0) is 0 Å². The number of rotatable bonds is 1. The summed E-state index contributed by atoms with van der Waals surface area (Å²) in [5.74, 6) is 0.710. The zero-order valence-electron chi connectivity index (χ0n) is 11.0. The number of hydrogen-bond donors (Lipinski definition) is 2. The molecule has 3 N–H and O–H groups in total. The molecule has 0 radical (unpaired) electrons. The summed E-state index contributed by atoms with van der Waals surface area (Å²) in [6.45, 7) is 1.18. The van der Waals surface area contributed by atoms with Gasteiger partial charge in [0.25, 0.3) is 0 Å². The van der Waals surface area contributed by atoms with Gasteiger partial charge in [-0.25, -0.2) is 4.79 Å². The van der Waals surface area contributed by atoms with E-state index in [0.29, 0.717) is 18.8 Å². The number of hydrogen-bond acceptors (Lipinski definition) is 4. The maximum absolute atomic E-state index is 12.0. The van der Waals surface area contributed by atoms with Gasteiger partial charge in [0.15, 0.2) is 0 Å². The van der Waals surface area contributed by atoms with Gasteiger partial charge in [-0.3, -0.25) is 0 Å². The number of likely N-dealkylation sites (tertiary alicyclic amines) is 1. The van der Waals surface area contributed by atoms with Crippen molar-refractivity contribution < 1.29 is 14.6 Å². The summed E-state index contributed by atoms with van der Waals surface area (Å²) in [6, 6.07) is 10.4. The Hall–Kier alpha value is -2.27. The molecule has 1 heterocycles. The van der Waals surface area contributed by atoms with Gasteiger partial charge in [-0.15, -0.1) is 0 Å². The minimum atomic E-state index is -0.365. The van der Waals surface area contributed by atoms with E-state index in [9.17, 15) is 9.90 Å². The summed E-state index contributed by atoms with van der Waals surface area (Å²) in [7, 11) is 0. The van der Waals surface area contributed by atoms with Gasteiger partial charge in [-0.05, 0) is 41.5 Å². The van der Waals surface area contributed by atoms with Crippen LogP contribution in [0.3, 0.4) is 0 Å². The molecule has 5 heteroatoms. The number of fused-ring (bicyclic) bond motifs is 1. The third-order valence-corrected chi connectivity index (χ3v) is 3.48. The van der Waals surface area contributed by atoms with Crippen molar-refractivity contribution in [1.82, 2.24) is 4.90 Å². The highest BCUT2D eigenvalue weighted by Gasteiger charge is 2.25. The van der Waals surface area contributed by atoms with Crippen LogP contribution < -0.4 is 10.5 Å². The molecular formula is C15H16N2O3. The first kappa shape index (κ1) is 12.7. The van der Waals surface area contributed by atoms with E-state index in [0.717, 1.165) is 17.2 Å².